The Labute approximate surface area is 192 Å². The number of rotatable bonds is 12. The van der Waals surface area contributed by atoms with Gasteiger partial charge in [0.1, 0.15) is 5.75 Å². The molecule has 2 unspecified atom stereocenters. The van der Waals surface area contributed by atoms with Crippen LogP contribution >= 0.6 is 11.8 Å². The van der Waals surface area contributed by atoms with Crippen LogP contribution in [0.2, 0.25) is 0 Å². The number of nitrogens with one attached hydrogen (secondary N) is 2. The van der Waals surface area contributed by atoms with Crippen molar-refractivity contribution in [3.05, 3.63) is 30.0 Å². The van der Waals surface area contributed by atoms with Crippen LogP contribution in [-0.4, -0.2) is 62.8 Å². The number of amides is 3. The van der Waals surface area contributed by atoms with Crippen molar-refractivity contribution >= 4 is 40.4 Å². The van der Waals surface area contributed by atoms with Gasteiger partial charge in [-0.05, 0) is 49.9 Å². The highest BCUT2D eigenvalue weighted by atomic mass is 32.2. The summed E-state index contributed by atoms with van der Waals surface area (Å²) in [7, 11) is 0. The number of nitrogens with zero attached hydrogens (tertiary/aromatic N) is 1. The van der Waals surface area contributed by atoms with Crippen LogP contribution in [-0.2, 0) is 20.8 Å². The minimum absolute atomic E-state index is 0.00105. The number of fused-ring (bicyclic) bond motifs is 1. The van der Waals surface area contributed by atoms with Gasteiger partial charge in [0.25, 0.3) is 0 Å². The number of aromatic nitrogens is 1. The number of H-pyrrole nitrogens is 1. The van der Waals surface area contributed by atoms with Crippen molar-refractivity contribution in [2.45, 2.75) is 56.7 Å². The van der Waals surface area contributed by atoms with E-state index in [9.17, 15) is 19.5 Å². The number of carbonyl (C=O) groups excluding carboxylic acids is 3. The molecule has 1 aliphatic rings. The van der Waals surface area contributed by atoms with Crippen molar-refractivity contribution in [1.29, 1.82) is 0 Å². The largest absolute Gasteiger partial charge is 0.508 e. The molecule has 1 fully saturated rings. The highest BCUT2D eigenvalue weighted by molar-refractivity contribution is 8.00. The van der Waals surface area contributed by atoms with Gasteiger partial charge in [0.15, 0.2) is 0 Å². The van der Waals surface area contributed by atoms with Crippen LogP contribution in [0, 0.1) is 0 Å². The highest BCUT2D eigenvalue weighted by Crippen LogP contribution is 2.26. The average molecular weight is 461 g/mol. The van der Waals surface area contributed by atoms with Crippen molar-refractivity contribution in [1.82, 2.24) is 15.2 Å². The average Bonchev–Trinajstić information content (AvgIpc) is 3.26. The summed E-state index contributed by atoms with van der Waals surface area (Å²) in [5.74, 6) is 0.659. The Hall–Kier alpha value is -2.52. The molecule has 174 valence electrons. The van der Waals surface area contributed by atoms with Crippen LogP contribution in [0.15, 0.2) is 24.4 Å². The summed E-state index contributed by atoms with van der Waals surface area (Å²) in [5, 5.41) is 13.2. The van der Waals surface area contributed by atoms with Crippen LogP contribution in [0.5, 0.6) is 5.75 Å². The molecule has 0 saturated carbocycles. The van der Waals surface area contributed by atoms with E-state index in [4.69, 9.17) is 5.73 Å². The van der Waals surface area contributed by atoms with E-state index in [-0.39, 0.29) is 41.2 Å². The second-order valence-electron chi connectivity index (χ2n) is 8.34. The Balaban J connectivity index is 1.29. The predicted molar refractivity (Wildman–Crippen MR) is 126 cm³/mol. The molecular formula is C23H32N4O4S. The fourth-order valence-corrected chi connectivity index (χ4v) is 4.88. The zero-order chi connectivity index (χ0) is 23.1. The third-order valence-electron chi connectivity index (χ3n) is 5.52. The first-order chi connectivity index (χ1) is 15.3. The van der Waals surface area contributed by atoms with E-state index in [1.54, 1.807) is 12.1 Å². The Morgan fingerprint density at radius 3 is 2.94 bits per heavy atom. The lowest BCUT2D eigenvalue weighted by atomic mass is 10.1. The molecular weight excluding hydrogens is 428 g/mol. The second-order valence-corrected chi connectivity index (χ2v) is 9.58. The van der Waals surface area contributed by atoms with Crippen molar-refractivity contribution < 1.29 is 19.5 Å². The Bertz CT molecular complexity index is 959. The maximum Gasteiger partial charge on any atom is 0.242 e. The number of aromatic hydroxyl groups is 1. The van der Waals surface area contributed by atoms with Crippen LogP contribution in [0.25, 0.3) is 10.9 Å². The van der Waals surface area contributed by atoms with Gasteiger partial charge in [-0.3, -0.25) is 19.3 Å². The van der Waals surface area contributed by atoms with E-state index < -0.39 is 0 Å². The number of imide groups is 1. The molecule has 1 saturated heterocycles. The normalized spacial score (nSPS) is 17.3. The fourth-order valence-electron chi connectivity index (χ4n) is 3.82. The summed E-state index contributed by atoms with van der Waals surface area (Å²) in [6.07, 6.45) is 5.45. The smallest absolute Gasteiger partial charge is 0.242 e. The molecule has 2 aromatic rings. The number of benzene rings is 1. The molecule has 1 aromatic carbocycles. The second kappa shape index (κ2) is 11.4. The van der Waals surface area contributed by atoms with E-state index in [0.717, 1.165) is 22.9 Å². The molecule has 5 N–H and O–H groups in total. The predicted octanol–water partition coefficient (Wildman–Crippen LogP) is 2.30. The molecule has 2 heterocycles. The number of phenols is 1. The zero-order valence-corrected chi connectivity index (χ0v) is 19.2. The minimum Gasteiger partial charge on any atom is -0.508 e. The molecule has 0 aliphatic carbocycles. The number of hydrogen-bond donors (Lipinski definition) is 4. The van der Waals surface area contributed by atoms with E-state index in [1.165, 1.54) is 16.7 Å². The molecule has 1 aromatic heterocycles. The number of carbonyl (C=O) groups is 3. The number of aromatic amines is 1. The third-order valence-corrected chi connectivity index (χ3v) is 7.00. The van der Waals surface area contributed by atoms with E-state index in [2.05, 4.69) is 10.3 Å². The lowest BCUT2D eigenvalue weighted by Crippen LogP contribution is -2.32. The van der Waals surface area contributed by atoms with E-state index >= 15 is 0 Å². The molecule has 32 heavy (non-hydrogen) atoms. The van der Waals surface area contributed by atoms with Crippen LogP contribution < -0.4 is 11.1 Å². The van der Waals surface area contributed by atoms with Crippen molar-refractivity contribution in [3.63, 3.8) is 0 Å². The number of hydrogen-bond acceptors (Lipinski definition) is 6. The van der Waals surface area contributed by atoms with Gasteiger partial charge >= 0.3 is 0 Å². The van der Waals surface area contributed by atoms with Gasteiger partial charge in [0, 0.05) is 54.8 Å². The molecule has 8 nitrogen and oxygen atoms in total. The summed E-state index contributed by atoms with van der Waals surface area (Å²) >= 11 is 1.46. The van der Waals surface area contributed by atoms with Gasteiger partial charge < -0.3 is 21.1 Å². The van der Waals surface area contributed by atoms with Gasteiger partial charge in [-0.15, -0.1) is 11.8 Å². The molecule has 1 aliphatic heterocycles. The monoisotopic (exact) mass is 460 g/mol. The van der Waals surface area contributed by atoms with Gasteiger partial charge in [-0.2, -0.15) is 0 Å². The van der Waals surface area contributed by atoms with Crippen molar-refractivity contribution in [2.24, 2.45) is 5.73 Å². The maximum absolute atomic E-state index is 12.4. The number of likely N-dealkylation sites (tertiary alicyclic amines) is 1. The van der Waals surface area contributed by atoms with Gasteiger partial charge in [0.05, 0.1) is 5.25 Å². The first-order valence-corrected chi connectivity index (χ1v) is 12.2. The summed E-state index contributed by atoms with van der Waals surface area (Å²) in [6.45, 7) is 2.83. The van der Waals surface area contributed by atoms with E-state index in [1.807, 2.05) is 19.2 Å². The number of phenolic OH excluding ortho intramolecular Hbond substituents is 1. The number of nitrogens with two attached hydrogens (primary N) is 1. The molecule has 3 amide bonds. The standard InChI is InChI=1S/C23H32N4O4S/c1-15(24)14-32-20-12-22(30)27(23(20)31)10-4-2-3-5-21(29)25-9-8-16-13-26-19-7-6-17(28)11-18(16)19/h6-7,11,13,15,20,26,28H,2-5,8-10,12,14,24H2,1H3,(H,25,29). The lowest BCUT2D eigenvalue weighted by molar-refractivity contribution is -0.138. The zero-order valence-electron chi connectivity index (χ0n) is 18.4. The Kier molecular flexibility index (Phi) is 8.58. The SMILES string of the molecule is CC(N)CSC1CC(=O)N(CCCCCC(=O)NCCc2c[nH]c3ccc(O)cc23)C1=O. The molecule has 0 radical (unpaired) electrons. The topological polar surface area (TPSA) is 129 Å². The summed E-state index contributed by atoms with van der Waals surface area (Å²) in [5.41, 5.74) is 7.74. The summed E-state index contributed by atoms with van der Waals surface area (Å²) in [6, 6.07) is 5.19. The van der Waals surface area contributed by atoms with Gasteiger partial charge in [-0.1, -0.05) is 6.42 Å². The molecule has 0 spiro atoms. The lowest BCUT2D eigenvalue weighted by Gasteiger charge is -2.15. The highest BCUT2D eigenvalue weighted by Gasteiger charge is 2.38. The summed E-state index contributed by atoms with van der Waals surface area (Å²) < 4.78 is 0. The molecule has 2 atom stereocenters. The first kappa shape index (κ1) is 24.1. The Morgan fingerprint density at radius 2 is 2.16 bits per heavy atom. The number of thioether (sulfide) groups is 1. The van der Waals surface area contributed by atoms with Crippen LogP contribution in [0.4, 0.5) is 0 Å². The summed E-state index contributed by atoms with van der Waals surface area (Å²) in [4.78, 5) is 41.1. The minimum atomic E-state index is -0.305. The Morgan fingerprint density at radius 1 is 1.34 bits per heavy atom. The molecule has 0 bridgehead atoms. The maximum atomic E-state index is 12.4. The van der Waals surface area contributed by atoms with E-state index in [0.29, 0.717) is 44.5 Å². The van der Waals surface area contributed by atoms with Gasteiger partial charge in [-0.25, -0.2) is 0 Å². The van der Waals surface area contributed by atoms with Crippen LogP contribution in [0.3, 0.4) is 0 Å². The molecule has 3 rings (SSSR count). The fraction of sp³-hybridized carbons (Fsp3) is 0.522. The van der Waals surface area contributed by atoms with Gasteiger partial charge in [0.2, 0.25) is 17.7 Å². The van der Waals surface area contributed by atoms with Crippen LogP contribution in [0.1, 0.15) is 44.6 Å². The third kappa shape index (κ3) is 6.49. The first-order valence-electron chi connectivity index (χ1n) is 11.1. The number of unbranched alkanes of at least 4 members (excludes halogenated alkanes) is 2. The van der Waals surface area contributed by atoms with Crippen molar-refractivity contribution in [2.75, 3.05) is 18.8 Å². The quantitative estimate of drug-likeness (QED) is 0.284. The molecule has 9 heteroatoms. The van der Waals surface area contributed by atoms with Crippen molar-refractivity contribution in [3.8, 4) is 5.75 Å².